The van der Waals surface area contributed by atoms with Crippen molar-refractivity contribution in [1.29, 1.82) is 0 Å². The normalized spacial score (nSPS) is 19.7. The van der Waals surface area contributed by atoms with Crippen LogP contribution >= 0.6 is 0 Å². The molecule has 0 aromatic carbocycles. The number of pyridine rings is 2. The summed E-state index contributed by atoms with van der Waals surface area (Å²) < 4.78 is 12.0. The molecular weight excluding hydrogens is 263 g/mol. The average molecular weight is 282 g/mol. The Morgan fingerprint density at radius 2 is 1.57 bits per heavy atom. The van der Waals surface area contributed by atoms with Crippen LogP contribution in [0.2, 0.25) is 0 Å². The van der Waals surface area contributed by atoms with E-state index in [0.717, 1.165) is 16.7 Å². The first-order valence-electron chi connectivity index (χ1n) is 7.11. The van der Waals surface area contributed by atoms with Gasteiger partial charge in [0.05, 0.1) is 16.8 Å². The molecule has 3 rings (SSSR count). The third-order valence-electron chi connectivity index (χ3n) is 4.28. The minimum atomic E-state index is -0.419. The summed E-state index contributed by atoms with van der Waals surface area (Å²) in [6, 6.07) is 7.89. The van der Waals surface area contributed by atoms with Crippen LogP contribution in [-0.4, -0.2) is 28.3 Å². The molecule has 0 unspecified atom stereocenters. The third-order valence-corrected chi connectivity index (χ3v) is 4.28. The van der Waals surface area contributed by atoms with Crippen molar-refractivity contribution in [1.82, 2.24) is 9.97 Å². The predicted octanol–water partition coefficient (Wildman–Crippen LogP) is 2.44. The fraction of sp³-hybridized carbons (Fsp3) is 0.375. The van der Waals surface area contributed by atoms with Crippen LogP contribution in [0.3, 0.4) is 0 Å². The molecule has 1 aliphatic rings. The molecule has 5 heteroatoms. The minimum absolute atomic E-state index is 0.346. The zero-order chi connectivity index (χ0) is 15.1. The number of aromatic nitrogens is 2. The highest BCUT2D eigenvalue weighted by molar-refractivity contribution is 6.61. The van der Waals surface area contributed by atoms with E-state index in [0.29, 0.717) is 0 Å². The molecule has 0 spiro atoms. The second-order valence-corrected chi connectivity index (χ2v) is 6.30. The molecule has 0 atom stereocenters. The highest BCUT2D eigenvalue weighted by Crippen LogP contribution is 2.36. The summed E-state index contributed by atoms with van der Waals surface area (Å²) in [5.74, 6) is 0. The Bertz CT molecular complexity index is 610. The van der Waals surface area contributed by atoms with Gasteiger partial charge in [-0.1, -0.05) is 12.1 Å². The quantitative estimate of drug-likeness (QED) is 0.794. The molecule has 0 saturated carbocycles. The molecule has 108 valence electrons. The van der Waals surface area contributed by atoms with E-state index in [2.05, 4.69) is 9.97 Å². The van der Waals surface area contributed by atoms with Crippen molar-refractivity contribution in [2.75, 3.05) is 0 Å². The van der Waals surface area contributed by atoms with Gasteiger partial charge in [-0.2, -0.15) is 0 Å². The summed E-state index contributed by atoms with van der Waals surface area (Å²) in [7, 11) is -0.419. The maximum Gasteiger partial charge on any atom is 0.514 e. The van der Waals surface area contributed by atoms with Gasteiger partial charge in [0, 0.05) is 29.7 Å². The van der Waals surface area contributed by atoms with E-state index in [4.69, 9.17) is 9.31 Å². The predicted molar refractivity (Wildman–Crippen MR) is 83.2 cm³/mol. The van der Waals surface area contributed by atoms with Gasteiger partial charge in [-0.15, -0.1) is 0 Å². The van der Waals surface area contributed by atoms with Gasteiger partial charge in [-0.25, -0.2) is 0 Å². The smallest absolute Gasteiger partial charge is 0.398 e. The Hall–Kier alpha value is -1.72. The minimum Gasteiger partial charge on any atom is -0.398 e. The van der Waals surface area contributed by atoms with Crippen molar-refractivity contribution in [2.45, 2.75) is 38.9 Å². The maximum absolute atomic E-state index is 6.00. The van der Waals surface area contributed by atoms with Crippen LogP contribution in [0, 0.1) is 0 Å². The largest absolute Gasteiger partial charge is 0.514 e. The summed E-state index contributed by atoms with van der Waals surface area (Å²) in [4.78, 5) is 8.61. The Kier molecular flexibility index (Phi) is 3.34. The Morgan fingerprint density at radius 1 is 0.905 bits per heavy atom. The van der Waals surface area contributed by atoms with Gasteiger partial charge < -0.3 is 9.31 Å². The standard InChI is InChI=1S/C16H19BN2O2/c1-15(2)16(3,4)21-17(20-15)14-8-7-13(11-19-14)12-6-5-9-18-10-12/h5-11H,1-4H3. The van der Waals surface area contributed by atoms with Gasteiger partial charge in [0.15, 0.2) is 0 Å². The van der Waals surface area contributed by atoms with Crippen molar-refractivity contribution >= 4 is 12.7 Å². The number of nitrogens with zero attached hydrogens (tertiary/aromatic N) is 2. The molecule has 0 N–H and O–H groups in total. The highest BCUT2D eigenvalue weighted by atomic mass is 16.7. The van der Waals surface area contributed by atoms with E-state index >= 15 is 0 Å². The summed E-state index contributed by atoms with van der Waals surface area (Å²) in [6.07, 6.45) is 5.42. The summed E-state index contributed by atoms with van der Waals surface area (Å²) in [5.41, 5.74) is 2.18. The monoisotopic (exact) mass is 282 g/mol. The number of hydrogen-bond donors (Lipinski definition) is 0. The first-order chi connectivity index (χ1) is 9.89. The molecule has 0 amide bonds. The van der Waals surface area contributed by atoms with Crippen LogP contribution in [-0.2, 0) is 9.31 Å². The van der Waals surface area contributed by atoms with E-state index in [-0.39, 0.29) is 11.2 Å². The van der Waals surface area contributed by atoms with E-state index in [1.54, 1.807) is 6.20 Å². The maximum atomic E-state index is 6.00. The van der Waals surface area contributed by atoms with Crippen molar-refractivity contribution < 1.29 is 9.31 Å². The molecule has 2 aromatic heterocycles. The van der Waals surface area contributed by atoms with Crippen LogP contribution in [0.1, 0.15) is 27.7 Å². The van der Waals surface area contributed by atoms with Gasteiger partial charge in [-0.05, 0) is 39.8 Å². The lowest BCUT2D eigenvalue weighted by Crippen LogP contribution is -2.41. The number of rotatable bonds is 2. The van der Waals surface area contributed by atoms with Crippen LogP contribution in [0.5, 0.6) is 0 Å². The fourth-order valence-electron chi connectivity index (χ4n) is 2.21. The SMILES string of the molecule is CC1(C)OB(c2ccc(-c3cccnc3)cn2)OC1(C)C. The van der Waals surface area contributed by atoms with Crippen molar-refractivity contribution in [3.05, 3.63) is 42.9 Å². The Morgan fingerprint density at radius 3 is 2.10 bits per heavy atom. The number of hydrogen-bond acceptors (Lipinski definition) is 4. The zero-order valence-electron chi connectivity index (χ0n) is 12.8. The first-order valence-corrected chi connectivity index (χ1v) is 7.11. The zero-order valence-corrected chi connectivity index (χ0v) is 12.8. The molecule has 0 radical (unpaired) electrons. The molecule has 21 heavy (non-hydrogen) atoms. The summed E-state index contributed by atoms with van der Waals surface area (Å²) in [5, 5.41) is 0. The van der Waals surface area contributed by atoms with Crippen molar-refractivity contribution in [3.63, 3.8) is 0 Å². The molecular formula is C16H19BN2O2. The second-order valence-electron chi connectivity index (χ2n) is 6.30. The van der Waals surface area contributed by atoms with E-state index < -0.39 is 7.12 Å². The third kappa shape index (κ3) is 2.59. The van der Waals surface area contributed by atoms with Gasteiger partial charge in [0.2, 0.25) is 0 Å². The molecule has 3 heterocycles. The molecule has 2 aromatic rings. The summed E-state index contributed by atoms with van der Waals surface area (Å²) >= 11 is 0. The van der Waals surface area contributed by atoms with E-state index in [1.807, 2.05) is 64.4 Å². The molecule has 0 aliphatic carbocycles. The van der Waals surface area contributed by atoms with Crippen LogP contribution in [0.15, 0.2) is 42.9 Å². The van der Waals surface area contributed by atoms with Crippen LogP contribution < -0.4 is 5.59 Å². The lowest BCUT2D eigenvalue weighted by atomic mass is 9.84. The van der Waals surface area contributed by atoms with E-state index in [1.165, 1.54) is 0 Å². The molecule has 1 aliphatic heterocycles. The lowest BCUT2D eigenvalue weighted by molar-refractivity contribution is 0.00578. The Labute approximate surface area is 125 Å². The van der Waals surface area contributed by atoms with Gasteiger partial charge in [-0.3, -0.25) is 9.97 Å². The van der Waals surface area contributed by atoms with Crippen LogP contribution in [0.4, 0.5) is 0 Å². The molecule has 1 saturated heterocycles. The second kappa shape index (κ2) is 4.93. The highest BCUT2D eigenvalue weighted by Gasteiger charge is 2.52. The van der Waals surface area contributed by atoms with Crippen molar-refractivity contribution in [2.24, 2.45) is 0 Å². The average Bonchev–Trinajstić information content (AvgIpc) is 2.69. The lowest BCUT2D eigenvalue weighted by Gasteiger charge is -2.32. The first kappa shape index (κ1) is 14.2. The van der Waals surface area contributed by atoms with Gasteiger partial charge in [0.1, 0.15) is 0 Å². The fourth-order valence-corrected chi connectivity index (χ4v) is 2.21. The molecule has 1 fully saturated rings. The Balaban J connectivity index is 1.83. The van der Waals surface area contributed by atoms with Crippen LogP contribution in [0.25, 0.3) is 11.1 Å². The van der Waals surface area contributed by atoms with Gasteiger partial charge in [0.25, 0.3) is 0 Å². The van der Waals surface area contributed by atoms with Gasteiger partial charge >= 0.3 is 7.12 Å². The molecule has 4 nitrogen and oxygen atoms in total. The van der Waals surface area contributed by atoms with Crippen molar-refractivity contribution in [3.8, 4) is 11.1 Å². The van der Waals surface area contributed by atoms with E-state index in [9.17, 15) is 0 Å². The summed E-state index contributed by atoms with van der Waals surface area (Å²) in [6.45, 7) is 8.15. The molecule has 0 bridgehead atoms. The topological polar surface area (TPSA) is 44.2 Å².